The van der Waals surface area contributed by atoms with E-state index in [1.807, 2.05) is 32.0 Å². The zero-order valence-corrected chi connectivity index (χ0v) is 11.9. The Morgan fingerprint density at radius 2 is 1.73 bits per heavy atom. The smallest absolute Gasteiger partial charge is 0.102 e. The summed E-state index contributed by atoms with van der Waals surface area (Å²) in [5, 5.41) is 9.85. The van der Waals surface area contributed by atoms with Crippen LogP contribution in [0.5, 0.6) is 0 Å². The highest BCUT2D eigenvalue weighted by atomic mass is 79.9. The van der Waals surface area contributed by atoms with E-state index in [2.05, 4.69) is 31.9 Å². The Hall–Kier alpha value is 0.1000. The van der Waals surface area contributed by atoms with Crippen LogP contribution in [-0.4, -0.2) is 17.8 Å². The predicted octanol–water partition coefficient (Wildman–Crippen LogP) is 3.67. The Kier molecular flexibility index (Phi) is 5.26. The number of rotatable bonds is 4. The highest BCUT2D eigenvalue weighted by molar-refractivity contribution is 9.11. The van der Waals surface area contributed by atoms with E-state index in [0.29, 0.717) is 6.61 Å². The van der Waals surface area contributed by atoms with Crippen molar-refractivity contribution in [3.8, 4) is 0 Å². The second-order valence-corrected chi connectivity index (χ2v) is 5.43. The summed E-state index contributed by atoms with van der Waals surface area (Å²) in [4.78, 5) is 0. The number of ether oxygens (including phenoxy) is 1. The van der Waals surface area contributed by atoms with E-state index in [0.717, 1.165) is 14.5 Å². The first kappa shape index (κ1) is 13.2. The van der Waals surface area contributed by atoms with E-state index < -0.39 is 6.10 Å². The highest BCUT2D eigenvalue weighted by Gasteiger charge is 2.10. The molecule has 0 saturated carbocycles. The van der Waals surface area contributed by atoms with Crippen LogP contribution in [0.1, 0.15) is 25.5 Å². The molecule has 0 heterocycles. The van der Waals surface area contributed by atoms with E-state index in [4.69, 9.17) is 4.74 Å². The lowest BCUT2D eigenvalue weighted by atomic mass is 10.1. The second kappa shape index (κ2) is 5.99. The van der Waals surface area contributed by atoms with Crippen LogP contribution < -0.4 is 0 Å². The highest BCUT2D eigenvalue weighted by Crippen LogP contribution is 2.24. The molecule has 1 aromatic carbocycles. The number of hydrogen-bond acceptors (Lipinski definition) is 2. The first-order chi connectivity index (χ1) is 6.99. The van der Waals surface area contributed by atoms with Crippen LogP contribution in [0.25, 0.3) is 0 Å². The first-order valence-corrected chi connectivity index (χ1v) is 6.33. The number of benzene rings is 1. The zero-order valence-electron chi connectivity index (χ0n) is 8.71. The molecule has 0 aromatic heterocycles. The van der Waals surface area contributed by atoms with Crippen LogP contribution >= 0.6 is 31.9 Å². The van der Waals surface area contributed by atoms with E-state index in [1.54, 1.807) is 0 Å². The van der Waals surface area contributed by atoms with E-state index in [9.17, 15) is 5.11 Å². The van der Waals surface area contributed by atoms with Crippen LogP contribution in [0.15, 0.2) is 27.1 Å². The van der Waals surface area contributed by atoms with Gasteiger partial charge in [-0.2, -0.15) is 0 Å². The molecule has 0 spiro atoms. The molecule has 0 radical (unpaired) electrons. The average Bonchev–Trinajstić information content (AvgIpc) is 2.12. The minimum Gasteiger partial charge on any atom is -0.386 e. The second-order valence-electron chi connectivity index (χ2n) is 3.60. The van der Waals surface area contributed by atoms with Gasteiger partial charge >= 0.3 is 0 Å². The summed E-state index contributed by atoms with van der Waals surface area (Å²) in [6.45, 7) is 4.22. The molecule has 0 amide bonds. The Morgan fingerprint density at radius 1 is 1.20 bits per heavy atom. The summed E-state index contributed by atoms with van der Waals surface area (Å²) in [6.07, 6.45) is -0.448. The molecule has 0 saturated heterocycles. The van der Waals surface area contributed by atoms with Gasteiger partial charge in [0.05, 0.1) is 12.7 Å². The normalized spacial score (nSPS) is 13.2. The molecule has 1 rings (SSSR count). The minimum absolute atomic E-state index is 0.134. The van der Waals surface area contributed by atoms with E-state index >= 15 is 0 Å². The molecule has 0 aliphatic carbocycles. The third-order valence-corrected chi connectivity index (χ3v) is 2.77. The zero-order chi connectivity index (χ0) is 11.4. The molecule has 4 heteroatoms. The molecule has 1 N–H and O–H groups in total. The van der Waals surface area contributed by atoms with Gasteiger partial charge in [-0.3, -0.25) is 0 Å². The van der Waals surface area contributed by atoms with Gasteiger partial charge in [-0.15, -0.1) is 0 Å². The van der Waals surface area contributed by atoms with Gasteiger partial charge in [0.2, 0.25) is 0 Å². The standard InChI is InChI=1S/C11H14Br2O2/c1-7(2)15-6-11(14)8-3-9(12)5-10(13)4-8/h3-5,7,11,14H,6H2,1-2H3. The van der Waals surface area contributed by atoms with Crippen molar-refractivity contribution in [2.45, 2.75) is 26.1 Å². The lowest BCUT2D eigenvalue weighted by molar-refractivity contribution is 0.00489. The van der Waals surface area contributed by atoms with Gasteiger partial charge < -0.3 is 9.84 Å². The Labute approximate surface area is 107 Å². The molecular formula is C11H14Br2O2. The van der Waals surface area contributed by atoms with Crippen molar-refractivity contribution in [2.24, 2.45) is 0 Å². The SMILES string of the molecule is CC(C)OCC(O)c1cc(Br)cc(Br)c1. The maximum atomic E-state index is 9.85. The fourth-order valence-corrected chi connectivity index (χ4v) is 2.48. The van der Waals surface area contributed by atoms with Crippen molar-refractivity contribution in [1.29, 1.82) is 0 Å². The largest absolute Gasteiger partial charge is 0.386 e. The van der Waals surface area contributed by atoms with Crippen molar-refractivity contribution < 1.29 is 9.84 Å². The quantitative estimate of drug-likeness (QED) is 0.908. The summed E-state index contributed by atoms with van der Waals surface area (Å²) in [5.74, 6) is 0. The molecule has 0 aliphatic heterocycles. The van der Waals surface area contributed by atoms with Crippen LogP contribution in [0.3, 0.4) is 0 Å². The number of aliphatic hydroxyl groups is 1. The van der Waals surface area contributed by atoms with Crippen molar-refractivity contribution in [1.82, 2.24) is 0 Å². The van der Waals surface area contributed by atoms with Crippen LogP contribution in [0.2, 0.25) is 0 Å². The van der Waals surface area contributed by atoms with Gasteiger partial charge in [0.25, 0.3) is 0 Å². The molecule has 0 aliphatic rings. The molecule has 0 fully saturated rings. The molecular weight excluding hydrogens is 324 g/mol. The summed E-state index contributed by atoms with van der Waals surface area (Å²) < 4.78 is 7.24. The monoisotopic (exact) mass is 336 g/mol. The van der Waals surface area contributed by atoms with Crippen molar-refractivity contribution in [2.75, 3.05) is 6.61 Å². The lowest BCUT2D eigenvalue weighted by Gasteiger charge is -2.14. The van der Waals surface area contributed by atoms with Gasteiger partial charge in [0.15, 0.2) is 0 Å². The Balaban J connectivity index is 2.68. The maximum absolute atomic E-state index is 9.85. The summed E-state index contributed by atoms with van der Waals surface area (Å²) in [6, 6.07) is 5.71. The van der Waals surface area contributed by atoms with E-state index in [-0.39, 0.29) is 6.10 Å². The van der Waals surface area contributed by atoms with Crippen molar-refractivity contribution in [3.05, 3.63) is 32.7 Å². The molecule has 84 valence electrons. The third-order valence-electron chi connectivity index (χ3n) is 1.86. The number of hydrogen-bond donors (Lipinski definition) is 1. The maximum Gasteiger partial charge on any atom is 0.102 e. The topological polar surface area (TPSA) is 29.5 Å². The number of aliphatic hydroxyl groups excluding tert-OH is 1. The fourth-order valence-electron chi connectivity index (χ4n) is 1.15. The van der Waals surface area contributed by atoms with Gasteiger partial charge in [0, 0.05) is 8.95 Å². The van der Waals surface area contributed by atoms with Crippen LogP contribution in [-0.2, 0) is 4.74 Å². The van der Waals surface area contributed by atoms with Gasteiger partial charge in [-0.25, -0.2) is 0 Å². The average molecular weight is 338 g/mol. The summed E-state index contributed by atoms with van der Waals surface area (Å²) >= 11 is 6.76. The van der Waals surface area contributed by atoms with E-state index in [1.165, 1.54) is 0 Å². The fraction of sp³-hybridized carbons (Fsp3) is 0.455. The van der Waals surface area contributed by atoms with Gasteiger partial charge in [-0.1, -0.05) is 31.9 Å². The van der Waals surface area contributed by atoms with Crippen molar-refractivity contribution >= 4 is 31.9 Å². The minimum atomic E-state index is -0.582. The number of halogens is 2. The lowest BCUT2D eigenvalue weighted by Crippen LogP contribution is -2.11. The molecule has 15 heavy (non-hydrogen) atoms. The molecule has 2 nitrogen and oxygen atoms in total. The van der Waals surface area contributed by atoms with Crippen molar-refractivity contribution in [3.63, 3.8) is 0 Å². The molecule has 1 unspecified atom stereocenters. The Morgan fingerprint density at radius 3 is 2.20 bits per heavy atom. The summed E-state index contributed by atoms with van der Waals surface area (Å²) in [5.41, 5.74) is 0.844. The molecule has 1 aromatic rings. The van der Waals surface area contributed by atoms with Gasteiger partial charge in [0.1, 0.15) is 6.10 Å². The van der Waals surface area contributed by atoms with Crippen LogP contribution in [0, 0.1) is 0 Å². The molecule has 1 atom stereocenters. The summed E-state index contributed by atoms with van der Waals surface area (Å²) in [7, 11) is 0. The first-order valence-electron chi connectivity index (χ1n) is 4.74. The molecule has 0 bridgehead atoms. The van der Waals surface area contributed by atoms with Gasteiger partial charge in [-0.05, 0) is 37.6 Å². The Bertz CT molecular complexity index is 306. The third kappa shape index (κ3) is 4.64. The predicted molar refractivity (Wildman–Crippen MR) is 67.9 cm³/mol. The van der Waals surface area contributed by atoms with Crippen LogP contribution in [0.4, 0.5) is 0 Å².